The van der Waals surface area contributed by atoms with Gasteiger partial charge in [-0.1, -0.05) is 49.6 Å². The number of hydrogen-bond donors (Lipinski definition) is 2. The first-order valence-electron chi connectivity index (χ1n) is 15.6. The van der Waals surface area contributed by atoms with Crippen molar-refractivity contribution in [1.82, 2.24) is 10.2 Å². The molecule has 1 saturated heterocycles. The average Bonchev–Trinajstić information content (AvgIpc) is 3.38. The lowest BCUT2D eigenvalue weighted by molar-refractivity contribution is -0.139. The van der Waals surface area contributed by atoms with Crippen LogP contribution in [0.15, 0.2) is 42.5 Å². The van der Waals surface area contributed by atoms with Gasteiger partial charge in [-0.3, -0.25) is 9.69 Å². The molecule has 12 heteroatoms. The zero-order valence-electron chi connectivity index (χ0n) is 26.4. The number of hydrogen-bond acceptors (Lipinski definition) is 8. The van der Waals surface area contributed by atoms with Gasteiger partial charge in [0.1, 0.15) is 15.9 Å². The molecule has 248 valence electrons. The molecular formula is C33H46N2O8S2. The molecule has 3 atom stereocenters. The fourth-order valence-corrected chi connectivity index (χ4v) is 9.48. The number of sulfone groups is 2. The van der Waals surface area contributed by atoms with Gasteiger partial charge in [0, 0.05) is 38.1 Å². The van der Waals surface area contributed by atoms with Crippen LogP contribution in [-0.2, 0) is 35.8 Å². The van der Waals surface area contributed by atoms with Gasteiger partial charge in [-0.05, 0) is 72.9 Å². The van der Waals surface area contributed by atoms with Crippen molar-refractivity contribution < 1.29 is 36.3 Å². The number of carboxylic acid groups (broad SMARTS) is 1. The van der Waals surface area contributed by atoms with Crippen molar-refractivity contribution in [3.8, 4) is 11.1 Å². The first-order chi connectivity index (χ1) is 21.3. The molecule has 0 bridgehead atoms. The molecule has 0 spiro atoms. The average molecular weight is 663 g/mol. The monoisotopic (exact) mass is 662 g/mol. The van der Waals surface area contributed by atoms with E-state index in [1.165, 1.54) is 6.42 Å². The highest BCUT2D eigenvalue weighted by Crippen LogP contribution is 2.33. The Morgan fingerprint density at radius 2 is 1.76 bits per heavy atom. The van der Waals surface area contributed by atoms with Gasteiger partial charge in [0.25, 0.3) is 5.91 Å². The van der Waals surface area contributed by atoms with Crippen LogP contribution in [0, 0.1) is 12.8 Å². The third kappa shape index (κ3) is 9.60. The van der Waals surface area contributed by atoms with Gasteiger partial charge < -0.3 is 15.2 Å². The molecule has 10 nitrogen and oxygen atoms in total. The molecule has 0 aromatic heterocycles. The Kier molecular flexibility index (Phi) is 11.8. The molecule has 1 aliphatic heterocycles. The lowest BCUT2D eigenvalue weighted by Gasteiger charge is -2.25. The lowest BCUT2D eigenvalue weighted by atomic mass is 9.91. The van der Waals surface area contributed by atoms with Crippen LogP contribution in [0.4, 0.5) is 0 Å². The summed E-state index contributed by atoms with van der Waals surface area (Å²) in [5, 5.41) is 11.7. The Morgan fingerprint density at radius 1 is 1.04 bits per heavy atom. The highest BCUT2D eigenvalue weighted by molar-refractivity contribution is 7.92. The molecule has 0 unspecified atom stereocenters. The summed E-state index contributed by atoms with van der Waals surface area (Å²) in [5.41, 5.74) is 3.47. The maximum atomic E-state index is 13.5. The molecular weight excluding hydrogens is 617 g/mol. The molecule has 2 aromatic rings. The van der Waals surface area contributed by atoms with Crippen LogP contribution in [0.1, 0.15) is 66.4 Å². The van der Waals surface area contributed by atoms with Crippen LogP contribution in [0.2, 0.25) is 0 Å². The molecule has 2 fully saturated rings. The highest BCUT2D eigenvalue weighted by atomic mass is 32.2. The Labute approximate surface area is 267 Å². The van der Waals surface area contributed by atoms with E-state index in [2.05, 4.69) is 10.2 Å². The van der Waals surface area contributed by atoms with Crippen molar-refractivity contribution in [3.63, 3.8) is 0 Å². The van der Waals surface area contributed by atoms with Gasteiger partial charge in [0.2, 0.25) is 0 Å². The Morgan fingerprint density at radius 3 is 2.40 bits per heavy atom. The van der Waals surface area contributed by atoms with E-state index >= 15 is 0 Å². The number of likely N-dealkylation sites (tertiary alicyclic amines) is 1. The second-order valence-corrected chi connectivity index (χ2v) is 17.3. The number of aryl methyl sites for hydroxylation is 1. The minimum absolute atomic E-state index is 0.0720. The van der Waals surface area contributed by atoms with E-state index in [0.717, 1.165) is 48.6 Å². The van der Waals surface area contributed by atoms with E-state index in [0.29, 0.717) is 31.7 Å². The van der Waals surface area contributed by atoms with Crippen LogP contribution >= 0.6 is 0 Å². The molecule has 1 amide bonds. The second kappa shape index (κ2) is 15.2. The highest BCUT2D eigenvalue weighted by Gasteiger charge is 2.40. The number of aliphatic carboxylic acids is 1. The zero-order valence-corrected chi connectivity index (χ0v) is 28.0. The number of carbonyl (C=O) groups is 2. The van der Waals surface area contributed by atoms with Gasteiger partial charge >= 0.3 is 5.97 Å². The van der Waals surface area contributed by atoms with E-state index in [1.807, 2.05) is 37.3 Å². The predicted molar refractivity (Wildman–Crippen MR) is 175 cm³/mol. The summed E-state index contributed by atoms with van der Waals surface area (Å²) < 4.78 is 55.8. The summed E-state index contributed by atoms with van der Waals surface area (Å²) in [6.07, 6.45) is 6.60. The number of nitrogens with one attached hydrogen (secondary N) is 1. The third-order valence-corrected chi connectivity index (χ3v) is 12.3. The van der Waals surface area contributed by atoms with E-state index in [9.17, 15) is 31.5 Å². The number of amides is 1. The van der Waals surface area contributed by atoms with E-state index in [1.54, 1.807) is 19.2 Å². The summed E-state index contributed by atoms with van der Waals surface area (Å²) in [5.74, 6) is -1.82. The summed E-state index contributed by atoms with van der Waals surface area (Å²) in [6, 6.07) is 11.5. The van der Waals surface area contributed by atoms with E-state index in [-0.39, 0.29) is 35.4 Å². The van der Waals surface area contributed by atoms with Crippen LogP contribution in [0.5, 0.6) is 0 Å². The Hall–Kier alpha value is -2.80. The van der Waals surface area contributed by atoms with Crippen molar-refractivity contribution in [2.24, 2.45) is 5.92 Å². The summed E-state index contributed by atoms with van der Waals surface area (Å²) >= 11 is 0. The maximum Gasteiger partial charge on any atom is 0.326 e. The topological polar surface area (TPSA) is 147 Å². The van der Waals surface area contributed by atoms with Crippen LogP contribution in [0.3, 0.4) is 0 Å². The van der Waals surface area contributed by atoms with Crippen LogP contribution in [0.25, 0.3) is 11.1 Å². The van der Waals surface area contributed by atoms with Gasteiger partial charge in [-0.25, -0.2) is 21.6 Å². The third-order valence-electron chi connectivity index (χ3n) is 9.08. The molecule has 1 heterocycles. The maximum absolute atomic E-state index is 13.5. The first kappa shape index (κ1) is 35.1. The molecule has 2 aliphatic rings. The van der Waals surface area contributed by atoms with Crippen molar-refractivity contribution in [3.05, 3.63) is 59.2 Å². The number of carbonyl (C=O) groups excluding carboxylic acids is 1. The van der Waals surface area contributed by atoms with Crippen molar-refractivity contribution >= 4 is 31.6 Å². The quantitative estimate of drug-likeness (QED) is 0.308. The minimum Gasteiger partial charge on any atom is -0.480 e. The number of carboxylic acids is 1. The van der Waals surface area contributed by atoms with Gasteiger partial charge in [0.15, 0.2) is 9.84 Å². The summed E-state index contributed by atoms with van der Waals surface area (Å²) in [4.78, 5) is 27.5. The van der Waals surface area contributed by atoms with Crippen LogP contribution in [-0.4, -0.2) is 94.1 Å². The molecule has 1 aliphatic carbocycles. The number of nitrogens with zero attached hydrogens (tertiary/aromatic N) is 1. The molecule has 4 rings (SSSR count). The smallest absolute Gasteiger partial charge is 0.326 e. The van der Waals surface area contributed by atoms with Gasteiger partial charge in [-0.15, -0.1) is 0 Å². The standard InChI is InChI=1S/C33H46N2O8S2/c1-23-9-7-8-12-28(23)30-17-25(13-14-29(30)32(36)34-31(33(37)38)15-16-44(3,39)40)19-35-20-27(18-26(35)21-43-2)45(41,42)22-24-10-5-4-6-11-24/h7-9,12-14,17,24,26-27,31H,4-6,10-11,15-16,18-22H2,1-3H3,(H,34,36)(H,37,38)/t26-,27-,31-/m0/s1. The Bertz CT molecular complexity index is 1570. The molecule has 45 heavy (non-hydrogen) atoms. The number of ether oxygens (including phenoxy) is 1. The van der Waals surface area contributed by atoms with Gasteiger partial charge in [-0.2, -0.15) is 0 Å². The SMILES string of the molecule is COC[C@@H]1C[C@H](S(=O)(=O)CC2CCCCC2)CN1Cc1ccc(C(=O)N[C@@H](CCS(C)(=O)=O)C(=O)O)c(-c2ccccc2C)c1. The lowest BCUT2D eigenvalue weighted by Crippen LogP contribution is -2.42. The number of benzene rings is 2. The minimum atomic E-state index is -3.42. The van der Waals surface area contributed by atoms with Crippen molar-refractivity contribution in [2.45, 2.75) is 75.7 Å². The van der Waals surface area contributed by atoms with E-state index in [4.69, 9.17) is 4.74 Å². The molecule has 1 saturated carbocycles. The summed E-state index contributed by atoms with van der Waals surface area (Å²) in [7, 11) is -5.08. The van der Waals surface area contributed by atoms with Crippen LogP contribution < -0.4 is 5.32 Å². The molecule has 2 aromatic carbocycles. The Balaban J connectivity index is 1.59. The molecule has 2 N–H and O–H groups in total. The van der Waals surface area contributed by atoms with Gasteiger partial charge in [0.05, 0.1) is 23.4 Å². The normalized spacial score (nSPS) is 20.6. The summed E-state index contributed by atoms with van der Waals surface area (Å²) in [6.45, 7) is 3.19. The second-order valence-electron chi connectivity index (χ2n) is 12.7. The van der Waals surface area contributed by atoms with Crippen molar-refractivity contribution in [1.29, 1.82) is 0 Å². The molecule has 0 radical (unpaired) electrons. The van der Waals surface area contributed by atoms with Crippen molar-refractivity contribution in [2.75, 3.05) is 38.0 Å². The zero-order chi connectivity index (χ0) is 32.8. The predicted octanol–water partition coefficient (Wildman–Crippen LogP) is 3.86. The largest absolute Gasteiger partial charge is 0.480 e. The fourth-order valence-electron chi connectivity index (χ4n) is 6.62. The van der Waals surface area contributed by atoms with E-state index < -0.39 is 42.8 Å². The number of methoxy groups -OCH3 is 1. The fraction of sp³-hybridized carbons (Fsp3) is 0.576. The number of rotatable bonds is 14. The first-order valence-corrected chi connectivity index (χ1v) is 19.4.